The standard InChI is InChI=1S/C18H18N2O5/c1-11-9-20(10-14(11)18(23)24)17(22)12-4-2-5-13(8-12)19-16(21)15-6-3-7-25-15/h2-8,11,14H,9-10H2,1H3,(H,19,21)(H,23,24)/t11-,14-/m1/s1. The molecule has 1 aromatic heterocycles. The van der Waals surface area contributed by atoms with Crippen molar-refractivity contribution in [1.29, 1.82) is 0 Å². The Bertz CT molecular complexity index is 800. The molecule has 0 aliphatic carbocycles. The predicted octanol–water partition coefficient (Wildman–Crippen LogP) is 2.32. The maximum absolute atomic E-state index is 12.6. The molecule has 25 heavy (non-hydrogen) atoms. The van der Waals surface area contributed by atoms with Crippen molar-refractivity contribution in [2.75, 3.05) is 18.4 Å². The number of benzene rings is 1. The molecular weight excluding hydrogens is 324 g/mol. The molecular formula is C18H18N2O5. The van der Waals surface area contributed by atoms with Gasteiger partial charge < -0.3 is 19.7 Å². The third-order valence-electron chi connectivity index (χ3n) is 4.33. The van der Waals surface area contributed by atoms with E-state index in [2.05, 4.69) is 5.32 Å². The first-order valence-electron chi connectivity index (χ1n) is 7.92. The van der Waals surface area contributed by atoms with Crippen molar-refractivity contribution in [3.05, 3.63) is 54.0 Å². The number of aliphatic carboxylic acids is 1. The summed E-state index contributed by atoms with van der Waals surface area (Å²) in [4.78, 5) is 37.4. The van der Waals surface area contributed by atoms with Crippen LogP contribution in [0.25, 0.3) is 0 Å². The smallest absolute Gasteiger partial charge is 0.308 e. The van der Waals surface area contributed by atoms with Gasteiger partial charge in [0.05, 0.1) is 12.2 Å². The minimum atomic E-state index is -0.887. The zero-order chi connectivity index (χ0) is 18.0. The van der Waals surface area contributed by atoms with Crippen LogP contribution in [-0.4, -0.2) is 40.9 Å². The van der Waals surface area contributed by atoms with Crippen molar-refractivity contribution in [3.63, 3.8) is 0 Å². The summed E-state index contributed by atoms with van der Waals surface area (Å²) < 4.78 is 5.03. The minimum absolute atomic E-state index is 0.0942. The van der Waals surface area contributed by atoms with Crippen molar-refractivity contribution < 1.29 is 23.9 Å². The number of hydrogen-bond donors (Lipinski definition) is 2. The largest absolute Gasteiger partial charge is 0.481 e. The second-order valence-electron chi connectivity index (χ2n) is 6.14. The fourth-order valence-corrected chi connectivity index (χ4v) is 2.97. The van der Waals surface area contributed by atoms with Crippen LogP contribution >= 0.6 is 0 Å². The van der Waals surface area contributed by atoms with Gasteiger partial charge in [-0.2, -0.15) is 0 Å². The normalized spacial score (nSPS) is 19.6. The summed E-state index contributed by atoms with van der Waals surface area (Å²) in [6.07, 6.45) is 1.41. The van der Waals surface area contributed by atoms with Crippen LogP contribution in [0.1, 0.15) is 27.8 Å². The number of carbonyl (C=O) groups is 3. The lowest BCUT2D eigenvalue weighted by molar-refractivity contribution is -0.142. The fourth-order valence-electron chi connectivity index (χ4n) is 2.97. The number of amides is 2. The number of nitrogens with zero attached hydrogens (tertiary/aromatic N) is 1. The molecule has 0 bridgehead atoms. The van der Waals surface area contributed by atoms with Gasteiger partial charge in [-0.15, -0.1) is 0 Å². The van der Waals surface area contributed by atoms with Gasteiger partial charge in [0, 0.05) is 24.3 Å². The van der Waals surface area contributed by atoms with Crippen LogP contribution in [0.4, 0.5) is 5.69 Å². The van der Waals surface area contributed by atoms with Gasteiger partial charge in [-0.25, -0.2) is 0 Å². The molecule has 0 saturated carbocycles. The van der Waals surface area contributed by atoms with Crippen molar-refractivity contribution >= 4 is 23.5 Å². The number of carbonyl (C=O) groups excluding carboxylic acids is 2. The van der Waals surface area contributed by atoms with E-state index in [0.29, 0.717) is 17.8 Å². The highest BCUT2D eigenvalue weighted by atomic mass is 16.4. The highest BCUT2D eigenvalue weighted by Crippen LogP contribution is 2.25. The number of rotatable bonds is 4. The first-order chi connectivity index (χ1) is 12.0. The molecule has 0 radical (unpaired) electrons. The average molecular weight is 342 g/mol. The number of anilines is 1. The third-order valence-corrected chi connectivity index (χ3v) is 4.33. The topological polar surface area (TPSA) is 99.9 Å². The second-order valence-corrected chi connectivity index (χ2v) is 6.14. The SMILES string of the molecule is C[C@@H]1CN(C(=O)c2cccc(NC(=O)c3ccco3)c2)C[C@H]1C(=O)O. The fraction of sp³-hybridized carbons (Fsp3) is 0.278. The Kier molecular flexibility index (Phi) is 4.56. The van der Waals surface area contributed by atoms with E-state index < -0.39 is 17.8 Å². The van der Waals surface area contributed by atoms with Gasteiger partial charge in [0.15, 0.2) is 5.76 Å². The molecule has 1 saturated heterocycles. The Hall–Kier alpha value is -3.09. The van der Waals surface area contributed by atoms with Crippen molar-refractivity contribution in [3.8, 4) is 0 Å². The summed E-state index contributed by atoms with van der Waals surface area (Å²) in [6, 6.07) is 9.71. The summed E-state index contributed by atoms with van der Waals surface area (Å²) in [5.41, 5.74) is 0.866. The maximum atomic E-state index is 12.6. The van der Waals surface area contributed by atoms with E-state index in [4.69, 9.17) is 4.42 Å². The number of furan rings is 1. The van der Waals surface area contributed by atoms with Crippen LogP contribution in [0.2, 0.25) is 0 Å². The van der Waals surface area contributed by atoms with E-state index in [1.54, 1.807) is 36.4 Å². The number of carboxylic acid groups (broad SMARTS) is 1. The van der Waals surface area contributed by atoms with Crippen LogP contribution < -0.4 is 5.32 Å². The molecule has 2 aromatic rings. The molecule has 1 aromatic carbocycles. The molecule has 3 rings (SSSR count). The molecule has 2 atom stereocenters. The van der Waals surface area contributed by atoms with E-state index >= 15 is 0 Å². The van der Waals surface area contributed by atoms with Crippen LogP contribution in [0.3, 0.4) is 0 Å². The summed E-state index contributed by atoms with van der Waals surface area (Å²) in [5, 5.41) is 11.9. The Morgan fingerprint density at radius 2 is 2.00 bits per heavy atom. The van der Waals surface area contributed by atoms with Crippen LogP contribution in [0.5, 0.6) is 0 Å². The Morgan fingerprint density at radius 3 is 2.64 bits per heavy atom. The Labute approximate surface area is 144 Å². The van der Waals surface area contributed by atoms with Crippen LogP contribution in [0.15, 0.2) is 47.1 Å². The van der Waals surface area contributed by atoms with Gasteiger partial charge >= 0.3 is 5.97 Å². The van der Waals surface area contributed by atoms with E-state index in [0.717, 1.165) is 0 Å². The molecule has 2 N–H and O–H groups in total. The Morgan fingerprint density at radius 1 is 1.20 bits per heavy atom. The van der Waals surface area contributed by atoms with E-state index in [1.165, 1.54) is 11.2 Å². The quantitative estimate of drug-likeness (QED) is 0.888. The molecule has 0 spiro atoms. The molecule has 1 aliphatic heterocycles. The molecule has 1 aliphatic rings. The monoisotopic (exact) mass is 342 g/mol. The van der Waals surface area contributed by atoms with Crippen LogP contribution in [-0.2, 0) is 4.79 Å². The first kappa shape index (κ1) is 16.8. The zero-order valence-electron chi connectivity index (χ0n) is 13.6. The van der Waals surface area contributed by atoms with Gasteiger partial charge in [-0.05, 0) is 36.2 Å². The molecule has 1 fully saturated rings. The summed E-state index contributed by atoms with van der Waals surface area (Å²) in [6.45, 7) is 2.42. The van der Waals surface area contributed by atoms with E-state index in [9.17, 15) is 19.5 Å². The van der Waals surface area contributed by atoms with Gasteiger partial charge in [-0.3, -0.25) is 14.4 Å². The van der Waals surface area contributed by atoms with Gasteiger partial charge in [0.25, 0.3) is 11.8 Å². The third kappa shape index (κ3) is 3.55. The summed E-state index contributed by atoms with van der Waals surface area (Å²) >= 11 is 0. The Balaban J connectivity index is 1.72. The summed E-state index contributed by atoms with van der Waals surface area (Å²) in [7, 11) is 0. The van der Waals surface area contributed by atoms with E-state index in [-0.39, 0.29) is 24.1 Å². The lowest BCUT2D eigenvalue weighted by Gasteiger charge is -2.16. The summed E-state index contributed by atoms with van der Waals surface area (Å²) in [5.74, 6) is -2.01. The zero-order valence-corrected chi connectivity index (χ0v) is 13.6. The lowest BCUT2D eigenvalue weighted by atomic mass is 9.99. The predicted molar refractivity (Wildman–Crippen MR) is 89.3 cm³/mol. The van der Waals surface area contributed by atoms with Crippen molar-refractivity contribution in [2.45, 2.75) is 6.92 Å². The number of likely N-dealkylation sites (tertiary alicyclic amines) is 1. The van der Waals surface area contributed by atoms with Gasteiger partial charge in [0.2, 0.25) is 0 Å². The van der Waals surface area contributed by atoms with Crippen LogP contribution in [0, 0.1) is 11.8 Å². The van der Waals surface area contributed by atoms with Gasteiger partial charge in [0.1, 0.15) is 0 Å². The van der Waals surface area contributed by atoms with Gasteiger partial charge in [-0.1, -0.05) is 13.0 Å². The average Bonchev–Trinajstić information content (AvgIpc) is 3.24. The number of hydrogen-bond acceptors (Lipinski definition) is 4. The maximum Gasteiger partial charge on any atom is 0.308 e. The van der Waals surface area contributed by atoms with Crippen molar-refractivity contribution in [2.24, 2.45) is 11.8 Å². The second kappa shape index (κ2) is 6.80. The molecule has 0 unspecified atom stereocenters. The number of carboxylic acids is 1. The highest BCUT2D eigenvalue weighted by Gasteiger charge is 2.37. The highest BCUT2D eigenvalue weighted by molar-refractivity contribution is 6.03. The molecule has 7 nitrogen and oxygen atoms in total. The molecule has 2 amide bonds. The molecule has 130 valence electrons. The number of nitrogens with one attached hydrogen (secondary N) is 1. The lowest BCUT2D eigenvalue weighted by Crippen LogP contribution is -2.30. The molecule has 7 heteroatoms. The minimum Gasteiger partial charge on any atom is -0.481 e. The van der Waals surface area contributed by atoms with E-state index in [1.807, 2.05) is 6.92 Å². The first-order valence-corrected chi connectivity index (χ1v) is 7.92. The van der Waals surface area contributed by atoms with Crippen molar-refractivity contribution in [1.82, 2.24) is 4.90 Å². The molecule has 2 heterocycles.